The summed E-state index contributed by atoms with van der Waals surface area (Å²) in [5.74, 6) is 1.16. The second-order valence-electron chi connectivity index (χ2n) is 7.15. The van der Waals surface area contributed by atoms with Gasteiger partial charge in [-0.1, -0.05) is 23.7 Å². The highest BCUT2D eigenvalue weighted by atomic mass is 35.5. The third-order valence-electron chi connectivity index (χ3n) is 5.06. The molecule has 5 nitrogen and oxygen atoms in total. The van der Waals surface area contributed by atoms with E-state index in [1.807, 2.05) is 31.2 Å². The summed E-state index contributed by atoms with van der Waals surface area (Å²) < 4.78 is 12.5. The van der Waals surface area contributed by atoms with Gasteiger partial charge in [-0.25, -0.2) is 0 Å². The van der Waals surface area contributed by atoms with Gasteiger partial charge < -0.3 is 14.0 Å². The van der Waals surface area contributed by atoms with E-state index >= 15 is 0 Å². The summed E-state index contributed by atoms with van der Waals surface area (Å²) in [6.07, 6.45) is 2.34. The molecular weight excluding hydrogens is 402 g/mol. The van der Waals surface area contributed by atoms with Crippen LogP contribution in [-0.2, 0) is 6.42 Å². The number of carbonyl (C=O) groups excluding carboxylic acids is 1. The number of rotatable bonds is 7. The number of benzene rings is 2. The van der Waals surface area contributed by atoms with Crippen molar-refractivity contribution in [3.05, 3.63) is 81.2 Å². The number of aromatic nitrogens is 1. The van der Waals surface area contributed by atoms with Gasteiger partial charge in [-0.2, -0.15) is 0 Å². The Morgan fingerprint density at radius 1 is 1.07 bits per heavy atom. The largest absolute Gasteiger partial charge is 0.497 e. The average Bonchev–Trinajstić information content (AvgIpc) is 2.73. The van der Waals surface area contributed by atoms with Crippen LogP contribution in [0.2, 0.25) is 5.02 Å². The van der Waals surface area contributed by atoms with Crippen LogP contribution in [0.5, 0.6) is 11.5 Å². The molecule has 0 saturated carbocycles. The standard InChI is InChI=1S/C24H24ClNO4/c1-15(10-17-6-5-7-19(11-17)29-3)26-14-23(30-4)22(13-24(26)28)21-12-18(25)8-9-20(21)16(2)27/h5-9,11-15H,10H2,1-4H3. The quantitative estimate of drug-likeness (QED) is 0.488. The van der Waals surface area contributed by atoms with Crippen LogP contribution >= 0.6 is 11.6 Å². The van der Waals surface area contributed by atoms with Gasteiger partial charge in [0.05, 0.1) is 20.4 Å². The van der Waals surface area contributed by atoms with Crippen LogP contribution in [0.25, 0.3) is 11.1 Å². The van der Waals surface area contributed by atoms with Gasteiger partial charge in [0.25, 0.3) is 5.56 Å². The zero-order chi connectivity index (χ0) is 21.8. The van der Waals surface area contributed by atoms with Gasteiger partial charge in [-0.05, 0) is 61.7 Å². The maximum Gasteiger partial charge on any atom is 0.251 e. The molecule has 3 rings (SSSR count). The first-order valence-corrected chi connectivity index (χ1v) is 9.95. The number of hydrogen-bond donors (Lipinski definition) is 0. The number of carbonyl (C=O) groups is 1. The molecule has 30 heavy (non-hydrogen) atoms. The van der Waals surface area contributed by atoms with Crippen molar-refractivity contribution in [1.82, 2.24) is 4.57 Å². The lowest BCUT2D eigenvalue weighted by Crippen LogP contribution is -2.24. The van der Waals surface area contributed by atoms with Crippen molar-refractivity contribution in [1.29, 1.82) is 0 Å². The fourth-order valence-corrected chi connectivity index (χ4v) is 3.70. The van der Waals surface area contributed by atoms with Gasteiger partial charge in [-0.3, -0.25) is 9.59 Å². The van der Waals surface area contributed by atoms with Crippen LogP contribution in [0.4, 0.5) is 0 Å². The molecule has 1 heterocycles. The molecule has 0 fully saturated rings. The van der Waals surface area contributed by atoms with E-state index in [0.29, 0.717) is 33.9 Å². The molecule has 2 aromatic carbocycles. The molecule has 0 radical (unpaired) electrons. The second kappa shape index (κ2) is 9.18. The van der Waals surface area contributed by atoms with Gasteiger partial charge in [-0.15, -0.1) is 0 Å². The van der Waals surface area contributed by atoms with E-state index in [9.17, 15) is 9.59 Å². The van der Waals surface area contributed by atoms with Crippen LogP contribution in [-0.4, -0.2) is 24.6 Å². The van der Waals surface area contributed by atoms with Crippen molar-refractivity contribution in [2.75, 3.05) is 14.2 Å². The summed E-state index contributed by atoms with van der Waals surface area (Å²) in [7, 11) is 3.17. The van der Waals surface area contributed by atoms with Crippen molar-refractivity contribution < 1.29 is 14.3 Å². The Morgan fingerprint density at radius 3 is 2.50 bits per heavy atom. The van der Waals surface area contributed by atoms with E-state index in [1.165, 1.54) is 13.0 Å². The lowest BCUT2D eigenvalue weighted by atomic mass is 9.97. The van der Waals surface area contributed by atoms with E-state index in [1.54, 1.807) is 43.2 Å². The molecule has 3 aromatic rings. The Labute approximate surface area is 180 Å². The second-order valence-corrected chi connectivity index (χ2v) is 7.59. The molecule has 0 aliphatic carbocycles. The Bertz CT molecular complexity index is 1140. The summed E-state index contributed by atoms with van der Waals surface area (Å²) in [6.45, 7) is 3.46. The van der Waals surface area contributed by atoms with E-state index < -0.39 is 0 Å². The molecule has 0 N–H and O–H groups in total. The number of ketones is 1. The average molecular weight is 426 g/mol. The van der Waals surface area contributed by atoms with Crippen LogP contribution in [0, 0.1) is 0 Å². The summed E-state index contributed by atoms with van der Waals surface area (Å²) in [5.41, 5.74) is 2.48. The van der Waals surface area contributed by atoms with Crippen molar-refractivity contribution in [3.63, 3.8) is 0 Å². The lowest BCUT2D eigenvalue weighted by Gasteiger charge is -2.19. The zero-order valence-corrected chi connectivity index (χ0v) is 18.2. The van der Waals surface area contributed by atoms with Crippen LogP contribution < -0.4 is 15.0 Å². The molecule has 156 valence electrons. The normalized spacial score (nSPS) is 11.8. The maximum atomic E-state index is 13.0. The van der Waals surface area contributed by atoms with Crippen LogP contribution in [0.1, 0.15) is 35.8 Å². The van der Waals surface area contributed by atoms with Crippen LogP contribution in [0.3, 0.4) is 0 Å². The predicted molar refractivity (Wildman–Crippen MR) is 119 cm³/mol. The Kier molecular flexibility index (Phi) is 6.63. The highest BCUT2D eigenvalue weighted by Gasteiger charge is 2.18. The Morgan fingerprint density at radius 2 is 1.83 bits per heavy atom. The minimum atomic E-state index is -0.185. The SMILES string of the molecule is COc1cccc(CC(C)n2cc(OC)c(-c3cc(Cl)ccc3C(C)=O)cc2=O)c1. The Balaban J connectivity index is 2.04. The minimum absolute atomic E-state index is 0.112. The van der Waals surface area contributed by atoms with Gasteiger partial charge in [0.15, 0.2) is 5.78 Å². The number of Topliss-reactive ketones (excluding diaryl/α,β-unsaturated/α-hetero) is 1. The van der Waals surface area contributed by atoms with Crippen molar-refractivity contribution in [2.45, 2.75) is 26.3 Å². The first-order valence-electron chi connectivity index (χ1n) is 9.58. The van der Waals surface area contributed by atoms with Crippen molar-refractivity contribution in [3.8, 4) is 22.6 Å². The summed E-state index contributed by atoms with van der Waals surface area (Å²) in [4.78, 5) is 25.1. The number of methoxy groups -OCH3 is 2. The van der Waals surface area contributed by atoms with Crippen molar-refractivity contribution in [2.24, 2.45) is 0 Å². The molecular formula is C24H24ClNO4. The first kappa shape index (κ1) is 21.7. The van der Waals surface area contributed by atoms with E-state index in [4.69, 9.17) is 21.1 Å². The fourth-order valence-electron chi connectivity index (χ4n) is 3.53. The molecule has 1 atom stereocenters. The van der Waals surface area contributed by atoms with Gasteiger partial charge >= 0.3 is 0 Å². The number of pyridine rings is 1. The molecule has 0 saturated heterocycles. The summed E-state index contributed by atoms with van der Waals surface area (Å²) in [6, 6.07) is 14.2. The predicted octanol–water partition coefficient (Wildman–Crippen LogP) is 5.19. The highest BCUT2D eigenvalue weighted by molar-refractivity contribution is 6.31. The maximum absolute atomic E-state index is 13.0. The molecule has 0 spiro atoms. The van der Waals surface area contributed by atoms with E-state index in [-0.39, 0.29) is 17.4 Å². The van der Waals surface area contributed by atoms with Crippen molar-refractivity contribution >= 4 is 17.4 Å². The molecule has 0 aliphatic heterocycles. The lowest BCUT2D eigenvalue weighted by molar-refractivity contribution is 0.101. The molecule has 0 aliphatic rings. The van der Waals surface area contributed by atoms with Crippen LogP contribution in [0.15, 0.2) is 59.5 Å². The molecule has 1 aromatic heterocycles. The minimum Gasteiger partial charge on any atom is -0.497 e. The third kappa shape index (κ3) is 4.57. The number of hydrogen-bond acceptors (Lipinski definition) is 4. The molecule has 0 bridgehead atoms. The summed E-state index contributed by atoms with van der Waals surface area (Å²) >= 11 is 6.16. The van der Waals surface area contributed by atoms with E-state index in [2.05, 4.69) is 0 Å². The fraction of sp³-hybridized carbons (Fsp3) is 0.250. The molecule has 6 heteroatoms. The van der Waals surface area contributed by atoms with E-state index in [0.717, 1.165) is 11.3 Å². The number of ether oxygens (including phenoxy) is 2. The molecule has 0 amide bonds. The van der Waals surface area contributed by atoms with Gasteiger partial charge in [0.1, 0.15) is 11.5 Å². The number of nitrogens with zero attached hydrogens (tertiary/aromatic N) is 1. The zero-order valence-electron chi connectivity index (χ0n) is 17.4. The Hall–Kier alpha value is -3.05. The highest BCUT2D eigenvalue weighted by Crippen LogP contribution is 2.34. The first-order chi connectivity index (χ1) is 14.3. The van der Waals surface area contributed by atoms with Gasteiger partial charge in [0, 0.05) is 28.3 Å². The topological polar surface area (TPSA) is 57.5 Å². The monoisotopic (exact) mass is 425 g/mol. The smallest absolute Gasteiger partial charge is 0.251 e. The third-order valence-corrected chi connectivity index (χ3v) is 5.29. The molecule has 1 unspecified atom stereocenters. The van der Waals surface area contributed by atoms with Gasteiger partial charge in [0.2, 0.25) is 0 Å². The number of halogens is 1. The summed E-state index contributed by atoms with van der Waals surface area (Å²) in [5, 5.41) is 0.479.